The minimum absolute atomic E-state index is 0.0350. The van der Waals surface area contributed by atoms with Crippen LogP contribution in [0.25, 0.3) is 11.1 Å². The van der Waals surface area contributed by atoms with Crippen molar-refractivity contribution >= 4 is 23.2 Å². The van der Waals surface area contributed by atoms with Gasteiger partial charge in [-0.3, -0.25) is 9.78 Å². The predicted octanol–water partition coefficient (Wildman–Crippen LogP) is 3.59. The lowest BCUT2D eigenvalue weighted by atomic mass is 9.98. The van der Waals surface area contributed by atoms with Crippen molar-refractivity contribution in [2.24, 2.45) is 0 Å². The summed E-state index contributed by atoms with van der Waals surface area (Å²) in [6, 6.07) is 7.30. The number of hydrogen-bond acceptors (Lipinski definition) is 4. The van der Waals surface area contributed by atoms with E-state index in [1.54, 1.807) is 41.9 Å². The smallest absolute Gasteiger partial charge is 0.258 e. The number of amides is 1. The Kier molecular flexibility index (Phi) is 3.35. The molecule has 3 aromatic rings. The lowest BCUT2D eigenvalue weighted by Crippen LogP contribution is -2.37. The van der Waals surface area contributed by atoms with Crippen LogP contribution in [-0.4, -0.2) is 22.6 Å². The van der Waals surface area contributed by atoms with Crippen LogP contribution < -0.4 is 4.90 Å². The molecule has 0 atom stereocenters. The lowest BCUT2D eigenvalue weighted by molar-refractivity contribution is 0.0980. The SMILES string of the molecule is O=C1c2ccc(Cl)cc2CCN1c1cncc(-c2cnoc2)c1. The molecule has 0 fully saturated rings. The molecule has 1 aliphatic rings. The molecule has 23 heavy (non-hydrogen) atoms. The van der Waals surface area contributed by atoms with Gasteiger partial charge in [0.1, 0.15) is 6.26 Å². The van der Waals surface area contributed by atoms with E-state index in [1.165, 1.54) is 0 Å². The molecule has 1 aliphatic heterocycles. The number of benzene rings is 1. The second kappa shape index (κ2) is 5.52. The summed E-state index contributed by atoms with van der Waals surface area (Å²) in [5.74, 6) is -0.0350. The van der Waals surface area contributed by atoms with E-state index in [9.17, 15) is 4.79 Å². The summed E-state index contributed by atoms with van der Waals surface area (Å²) < 4.78 is 4.86. The first-order valence-electron chi connectivity index (χ1n) is 7.17. The van der Waals surface area contributed by atoms with Crippen molar-refractivity contribution in [3.8, 4) is 11.1 Å². The Labute approximate surface area is 137 Å². The third-order valence-electron chi connectivity index (χ3n) is 3.95. The van der Waals surface area contributed by atoms with Crippen LogP contribution in [0, 0.1) is 0 Å². The number of hydrogen-bond donors (Lipinski definition) is 0. The van der Waals surface area contributed by atoms with Gasteiger partial charge in [0.25, 0.3) is 5.91 Å². The molecule has 0 saturated heterocycles. The molecule has 4 rings (SSSR count). The van der Waals surface area contributed by atoms with Gasteiger partial charge in [-0.15, -0.1) is 0 Å². The number of rotatable bonds is 2. The minimum Gasteiger partial charge on any atom is -0.364 e. The fourth-order valence-electron chi connectivity index (χ4n) is 2.78. The molecule has 114 valence electrons. The summed E-state index contributed by atoms with van der Waals surface area (Å²) in [5, 5.41) is 4.35. The average molecular weight is 326 g/mol. The Morgan fingerprint density at radius 3 is 2.87 bits per heavy atom. The molecule has 3 heterocycles. The van der Waals surface area contributed by atoms with Crippen LogP contribution in [0.3, 0.4) is 0 Å². The van der Waals surface area contributed by atoms with Crippen molar-refractivity contribution < 1.29 is 9.32 Å². The third-order valence-corrected chi connectivity index (χ3v) is 4.18. The molecule has 0 radical (unpaired) electrons. The van der Waals surface area contributed by atoms with Gasteiger partial charge in [0.05, 0.1) is 18.1 Å². The molecule has 6 heteroatoms. The van der Waals surface area contributed by atoms with Gasteiger partial charge in [0, 0.05) is 34.5 Å². The Bertz CT molecular complexity index is 877. The Hall–Kier alpha value is -2.66. The molecular formula is C17H12ClN3O2. The van der Waals surface area contributed by atoms with Gasteiger partial charge in [0.15, 0.2) is 0 Å². The molecule has 0 N–H and O–H groups in total. The van der Waals surface area contributed by atoms with Gasteiger partial charge in [-0.1, -0.05) is 16.8 Å². The Balaban J connectivity index is 1.71. The van der Waals surface area contributed by atoms with E-state index in [0.717, 1.165) is 28.8 Å². The third kappa shape index (κ3) is 2.49. The van der Waals surface area contributed by atoms with Gasteiger partial charge in [0.2, 0.25) is 0 Å². The zero-order valence-electron chi connectivity index (χ0n) is 12.1. The number of nitrogens with zero attached hydrogens (tertiary/aromatic N) is 3. The number of carbonyl (C=O) groups excluding carboxylic acids is 1. The van der Waals surface area contributed by atoms with Gasteiger partial charge < -0.3 is 9.42 Å². The first kappa shape index (κ1) is 14.0. The fourth-order valence-corrected chi connectivity index (χ4v) is 2.98. The quantitative estimate of drug-likeness (QED) is 0.722. The van der Waals surface area contributed by atoms with E-state index in [-0.39, 0.29) is 5.91 Å². The Morgan fingerprint density at radius 1 is 1.13 bits per heavy atom. The highest BCUT2D eigenvalue weighted by Gasteiger charge is 2.26. The molecule has 0 aliphatic carbocycles. The van der Waals surface area contributed by atoms with Crippen molar-refractivity contribution in [1.82, 2.24) is 10.1 Å². The monoisotopic (exact) mass is 325 g/mol. The van der Waals surface area contributed by atoms with Crippen molar-refractivity contribution in [3.63, 3.8) is 0 Å². The molecule has 0 spiro atoms. The summed E-state index contributed by atoms with van der Waals surface area (Å²) in [4.78, 5) is 18.7. The van der Waals surface area contributed by atoms with Crippen LogP contribution >= 0.6 is 11.6 Å². The second-order valence-electron chi connectivity index (χ2n) is 5.35. The topological polar surface area (TPSA) is 59.2 Å². The molecule has 0 saturated carbocycles. The molecule has 1 amide bonds. The minimum atomic E-state index is -0.0350. The van der Waals surface area contributed by atoms with E-state index in [0.29, 0.717) is 17.1 Å². The standard InChI is InChI=1S/C17H12ClN3O2/c18-14-1-2-16-11(5-14)3-4-21(17(16)22)15-6-12(7-19-9-15)13-8-20-23-10-13/h1-2,5-10H,3-4H2. The largest absolute Gasteiger partial charge is 0.364 e. The number of pyridine rings is 1. The molecule has 5 nitrogen and oxygen atoms in total. The van der Waals surface area contributed by atoms with E-state index in [1.807, 2.05) is 12.1 Å². The van der Waals surface area contributed by atoms with E-state index >= 15 is 0 Å². The fraction of sp³-hybridized carbons (Fsp3) is 0.118. The number of anilines is 1. The average Bonchev–Trinajstić information content (AvgIpc) is 3.10. The maximum Gasteiger partial charge on any atom is 0.258 e. The molecule has 0 unspecified atom stereocenters. The number of fused-ring (bicyclic) bond motifs is 1. The van der Waals surface area contributed by atoms with Crippen LogP contribution in [0.1, 0.15) is 15.9 Å². The van der Waals surface area contributed by atoms with Gasteiger partial charge >= 0.3 is 0 Å². The summed E-state index contributed by atoms with van der Waals surface area (Å²) in [6.07, 6.45) is 7.35. The zero-order valence-corrected chi connectivity index (χ0v) is 12.8. The summed E-state index contributed by atoms with van der Waals surface area (Å²) in [5.41, 5.74) is 4.13. The first-order valence-corrected chi connectivity index (χ1v) is 7.55. The van der Waals surface area contributed by atoms with E-state index < -0.39 is 0 Å². The number of aromatic nitrogens is 2. The number of carbonyl (C=O) groups is 1. The maximum absolute atomic E-state index is 12.8. The lowest BCUT2D eigenvalue weighted by Gasteiger charge is -2.28. The molecule has 0 bridgehead atoms. The highest BCUT2D eigenvalue weighted by atomic mass is 35.5. The van der Waals surface area contributed by atoms with Gasteiger partial charge in [-0.2, -0.15) is 0 Å². The van der Waals surface area contributed by atoms with Crippen LogP contribution in [0.15, 0.2) is 53.6 Å². The van der Waals surface area contributed by atoms with E-state index in [2.05, 4.69) is 10.1 Å². The van der Waals surface area contributed by atoms with Crippen LogP contribution in [-0.2, 0) is 6.42 Å². The predicted molar refractivity (Wildman–Crippen MR) is 86.6 cm³/mol. The van der Waals surface area contributed by atoms with Crippen LogP contribution in [0.4, 0.5) is 5.69 Å². The maximum atomic E-state index is 12.8. The highest BCUT2D eigenvalue weighted by molar-refractivity contribution is 6.30. The summed E-state index contributed by atoms with van der Waals surface area (Å²) in [6.45, 7) is 0.598. The van der Waals surface area contributed by atoms with Crippen molar-refractivity contribution in [2.45, 2.75) is 6.42 Å². The zero-order chi connectivity index (χ0) is 15.8. The first-order chi connectivity index (χ1) is 11.2. The second-order valence-corrected chi connectivity index (χ2v) is 5.79. The Morgan fingerprint density at radius 2 is 2.04 bits per heavy atom. The summed E-state index contributed by atoms with van der Waals surface area (Å²) >= 11 is 6.01. The highest BCUT2D eigenvalue weighted by Crippen LogP contribution is 2.28. The van der Waals surface area contributed by atoms with Crippen LogP contribution in [0.5, 0.6) is 0 Å². The molecule has 1 aromatic carbocycles. The van der Waals surface area contributed by atoms with Crippen molar-refractivity contribution in [3.05, 3.63) is 65.3 Å². The van der Waals surface area contributed by atoms with Gasteiger partial charge in [-0.05, 0) is 36.2 Å². The molecule has 2 aromatic heterocycles. The van der Waals surface area contributed by atoms with Crippen LogP contribution in [0.2, 0.25) is 5.02 Å². The van der Waals surface area contributed by atoms with Crippen molar-refractivity contribution in [1.29, 1.82) is 0 Å². The molecular weight excluding hydrogens is 314 g/mol. The summed E-state index contributed by atoms with van der Waals surface area (Å²) in [7, 11) is 0. The number of halogens is 1. The van der Waals surface area contributed by atoms with E-state index in [4.69, 9.17) is 16.1 Å². The van der Waals surface area contributed by atoms with Crippen molar-refractivity contribution in [2.75, 3.05) is 11.4 Å². The van der Waals surface area contributed by atoms with Gasteiger partial charge in [-0.25, -0.2) is 0 Å². The normalized spacial score (nSPS) is 14.0.